The van der Waals surface area contributed by atoms with Gasteiger partial charge in [-0.05, 0) is 29.8 Å². The first kappa shape index (κ1) is 15.6. The first-order valence-corrected chi connectivity index (χ1v) is 8.29. The summed E-state index contributed by atoms with van der Waals surface area (Å²) < 4.78 is 7.12. The highest BCUT2D eigenvalue weighted by molar-refractivity contribution is 5.94. The van der Waals surface area contributed by atoms with E-state index in [4.69, 9.17) is 4.74 Å². The topological polar surface area (TPSA) is 71.8 Å². The van der Waals surface area contributed by atoms with Crippen LogP contribution in [0.25, 0.3) is 5.65 Å². The van der Waals surface area contributed by atoms with Crippen LogP contribution in [0.1, 0.15) is 15.9 Å². The Morgan fingerprint density at radius 1 is 1.20 bits per heavy atom. The van der Waals surface area contributed by atoms with Crippen molar-refractivity contribution in [1.82, 2.24) is 19.9 Å². The van der Waals surface area contributed by atoms with Crippen molar-refractivity contribution in [2.24, 2.45) is 0 Å². The molecule has 25 heavy (non-hydrogen) atoms. The van der Waals surface area contributed by atoms with Crippen LogP contribution < -0.4 is 10.2 Å². The largest absolute Gasteiger partial charge is 0.378 e. The number of aromatic nitrogens is 3. The molecule has 3 heterocycles. The molecular weight excluding hydrogens is 318 g/mol. The number of morpholine rings is 1. The molecule has 1 saturated heterocycles. The average Bonchev–Trinajstić information content (AvgIpc) is 3.15. The van der Waals surface area contributed by atoms with Crippen LogP contribution in [0, 0.1) is 0 Å². The smallest absolute Gasteiger partial charge is 0.253 e. The first-order valence-electron chi connectivity index (χ1n) is 8.29. The Morgan fingerprint density at radius 2 is 2.08 bits per heavy atom. The maximum absolute atomic E-state index is 12.4. The lowest BCUT2D eigenvalue weighted by atomic mass is 10.1. The Kier molecular flexibility index (Phi) is 4.30. The van der Waals surface area contributed by atoms with E-state index in [9.17, 15) is 4.79 Å². The summed E-state index contributed by atoms with van der Waals surface area (Å²) in [6.07, 6.45) is 3.31. The van der Waals surface area contributed by atoms with Crippen LogP contribution in [0.4, 0.5) is 5.69 Å². The van der Waals surface area contributed by atoms with Gasteiger partial charge in [0.15, 0.2) is 5.65 Å². The number of nitrogens with zero attached hydrogens (tertiary/aromatic N) is 4. The molecule has 0 aliphatic carbocycles. The third-order valence-electron chi connectivity index (χ3n) is 4.29. The zero-order valence-corrected chi connectivity index (χ0v) is 13.8. The highest BCUT2D eigenvalue weighted by Gasteiger charge is 2.12. The quantitative estimate of drug-likeness (QED) is 0.781. The van der Waals surface area contributed by atoms with Crippen LogP contribution in [0.2, 0.25) is 0 Å². The lowest BCUT2D eigenvalue weighted by Gasteiger charge is -2.29. The number of rotatable bonds is 4. The Labute approximate surface area is 145 Å². The fraction of sp³-hybridized carbons (Fsp3) is 0.278. The lowest BCUT2D eigenvalue weighted by molar-refractivity contribution is 0.0950. The molecule has 1 fully saturated rings. The SMILES string of the molecule is O=C(NCc1cccc(N2CCOCC2)c1)c1ccc2nncn2c1. The van der Waals surface area contributed by atoms with Crippen molar-refractivity contribution in [3.8, 4) is 0 Å². The zero-order valence-electron chi connectivity index (χ0n) is 13.8. The van der Waals surface area contributed by atoms with Gasteiger partial charge < -0.3 is 15.0 Å². The fourth-order valence-corrected chi connectivity index (χ4v) is 2.93. The number of carbonyl (C=O) groups is 1. The zero-order chi connectivity index (χ0) is 17.1. The number of carbonyl (C=O) groups excluding carboxylic acids is 1. The van der Waals surface area contributed by atoms with E-state index >= 15 is 0 Å². The lowest BCUT2D eigenvalue weighted by Crippen LogP contribution is -2.36. The van der Waals surface area contributed by atoms with Gasteiger partial charge in [-0.3, -0.25) is 9.20 Å². The molecule has 1 aliphatic heterocycles. The predicted octanol–water partition coefficient (Wildman–Crippen LogP) is 1.50. The van der Waals surface area contributed by atoms with Crippen LogP contribution in [-0.4, -0.2) is 46.8 Å². The normalized spacial score (nSPS) is 14.6. The van der Waals surface area contributed by atoms with Gasteiger partial charge in [0.1, 0.15) is 6.33 Å². The van der Waals surface area contributed by atoms with Crippen LogP contribution in [0.5, 0.6) is 0 Å². The summed E-state index contributed by atoms with van der Waals surface area (Å²) in [6, 6.07) is 11.8. The number of pyridine rings is 1. The summed E-state index contributed by atoms with van der Waals surface area (Å²) >= 11 is 0. The van der Waals surface area contributed by atoms with E-state index in [-0.39, 0.29) is 5.91 Å². The molecule has 0 saturated carbocycles. The summed E-state index contributed by atoms with van der Waals surface area (Å²) in [5, 5.41) is 10.7. The molecule has 128 valence electrons. The van der Waals surface area contributed by atoms with E-state index in [2.05, 4.69) is 32.5 Å². The summed E-state index contributed by atoms with van der Waals surface area (Å²) in [7, 11) is 0. The molecule has 1 aromatic carbocycles. The van der Waals surface area contributed by atoms with Crippen molar-refractivity contribution in [2.45, 2.75) is 6.54 Å². The van der Waals surface area contributed by atoms with E-state index < -0.39 is 0 Å². The van der Waals surface area contributed by atoms with E-state index in [1.54, 1.807) is 29.1 Å². The molecule has 2 aromatic heterocycles. The van der Waals surface area contributed by atoms with Gasteiger partial charge in [-0.15, -0.1) is 10.2 Å². The van der Waals surface area contributed by atoms with Crippen molar-refractivity contribution >= 4 is 17.2 Å². The van der Waals surface area contributed by atoms with Crippen molar-refractivity contribution in [3.05, 3.63) is 60.0 Å². The third kappa shape index (κ3) is 3.46. The molecule has 0 radical (unpaired) electrons. The average molecular weight is 337 g/mol. The Bertz CT molecular complexity index is 886. The molecular formula is C18H19N5O2. The van der Waals surface area contributed by atoms with Gasteiger partial charge in [0.2, 0.25) is 0 Å². The maximum atomic E-state index is 12.4. The predicted molar refractivity (Wildman–Crippen MR) is 93.6 cm³/mol. The minimum absolute atomic E-state index is 0.118. The highest BCUT2D eigenvalue weighted by Crippen LogP contribution is 2.17. The molecule has 7 nitrogen and oxygen atoms in total. The van der Waals surface area contributed by atoms with Crippen LogP contribution in [-0.2, 0) is 11.3 Å². The Morgan fingerprint density at radius 3 is 2.96 bits per heavy atom. The number of ether oxygens (including phenoxy) is 1. The molecule has 4 rings (SSSR count). The summed E-state index contributed by atoms with van der Waals surface area (Å²) in [4.78, 5) is 14.7. The Hall–Kier alpha value is -2.93. The van der Waals surface area contributed by atoms with Crippen molar-refractivity contribution in [3.63, 3.8) is 0 Å². The van der Waals surface area contributed by atoms with E-state index in [0.717, 1.165) is 37.5 Å². The van der Waals surface area contributed by atoms with Gasteiger partial charge in [-0.1, -0.05) is 12.1 Å². The van der Waals surface area contributed by atoms with E-state index in [0.29, 0.717) is 12.1 Å². The van der Waals surface area contributed by atoms with Crippen LogP contribution >= 0.6 is 0 Å². The molecule has 0 spiro atoms. The van der Waals surface area contributed by atoms with E-state index in [1.165, 1.54) is 5.69 Å². The minimum Gasteiger partial charge on any atom is -0.378 e. The molecule has 0 unspecified atom stereocenters. The molecule has 1 N–H and O–H groups in total. The van der Waals surface area contributed by atoms with Crippen LogP contribution in [0.15, 0.2) is 48.9 Å². The number of fused-ring (bicyclic) bond motifs is 1. The molecule has 1 amide bonds. The second-order valence-corrected chi connectivity index (χ2v) is 5.97. The van der Waals surface area contributed by atoms with Gasteiger partial charge in [0.25, 0.3) is 5.91 Å². The van der Waals surface area contributed by atoms with Gasteiger partial charge in [-0.25, -0.2) is 0 Å². The third-order valence-corrected chi connectivity index (χ3v) is 4.29. The van der Waals surface area contributed by atoms with Gasteiger partial charge in [0.05, 0.1) is 18.8 Å². The second-order valence-electron chi connectivity index (χ2n) is 5.97. The summed E-state index contributed by atoms with van der Waals surface area (Å²) in [6.45, 7) is 3.79. The second kappa shape index (κ2) is 6.90. The monoisotopic (exact) mass is 337 g/mol. The van der Waals surface area contributed by atoms with Crippen LogP contribution in [0.3, 0.4) is 0 Å². The number of amides is 1. The van der Waals surface area contributed by atoms with Gasteiger partial charge >= 0.3 is 0 Å². The van der Waals surface area contributed by atoms with Gasteiger partial charge in [0, 0.05) is 31.5 Å². The number of hydrogen-bond donors (Lipinski definition) is 1. The first-order chi connectivity index (χ1) is 12.3. The summed E-state index contributed by atoms with van der Waals surface area (Å²) in [5.74, 6) is -0.118. The molecule has 0 atom stereocenters. The molecule has 3 aromatic rings. The van der Waals surface area contributed by atoms with Crippen molar-refractivity contribution < 1.29 is 9.53 Å². The molecule has 1 aliphatic rings. The van der Waals surface area contributed by atoms with Crippen molar-refractivity contribution in [2.75, 3.05) is 31.2 Å². The van der Waals surface area contributed by atoms with Crippen molar-refractivity contribution in [1.29, 1.82) is 0 Å². The summed E-state index contributed by atoms with van der Waals surface area (Å²) in [5.41, 5.74) is 3.54. The number of anilines is 1. The maximum Gasteiger partial charge on any atom is 0.253 e. The molecule has 7 heteroatoms. The standard InChI is InChI=1S/C18H19N5O2/c24-18(15-4-5-17-21-20-13-23(17)12-15)19-11-14-2-1-3-16(10-14)22-6-8-25-9-7-22/h1-5,10,12-13H,6-9,11H2,(H,19,24). The van der Waals surface area contributed by atoms with E-state index in [1.807, 2.05) is 12.1 Å². The Balaban J connectivity index is 1.42. The number of hydrogen-bond acceptors (Lipinski definition) is 5. The highest BCUT2D eigenvalue weighted by atomic mass is 16.5. The number of benzene rings is 1. The van der Waals surface area contributed by atoms with Gasteiger partial charge in [-0.2, -0.15) is 0 Å². The minimum atomic E-state index is -0.118. The number of nitrogens with one attached hydrogen (secondary N) is 1. The fourth-order valence-electron chi connectivity index (χ4n) is 2.93. The molecule has 0 bridgehead atoms.